The van der Waals surface area contributed by atoms with Gasteiger partial charge < -0.3 is 5.32 Å². The van der Waals surface area contributed by atoms with Crippen molar-refractivity contribution in [2.24, 2.45) is 0 Å². The molecule has 96 valence electrons. The first kappa shape index (κ1) is 12.6. The molecule has 2 amide bonds. The van der Waals surface area contributed by atoms with Crippen molar-refractivity contribution in [2.45, 2.75) is 25.8 Å². The molecule has 0 fully saturated rings. The van der Waals surface area contributed by atoms with Gasteiger partial charge in [0.05, 0.1) is 12.8 Å². The molecule has 5 nitrogen and oxygen atoms in total. The Morgan fingerprint density at radius 3 is 2.89 bits per heavy atom. The fourth-order valence-electron chi connectivity index (χ4n) is 2.05. The van der Waals surface area contributed by atoms with Crippen molar-refractivity contribution in [1.29, 1.82) is 0 Å². The van der Waals surface area contributed by atoms with Gasteiger partial charge in [-0.3, -0.25) is 14.4 Å². The van der Waals surface area contributed by atoms with Crippen molar-refractivity contribution in [2.75, 3.05) is 12.2 Å². The van der Waals surface area contributed by atoms with E-state index in [1.807, 2.05) is 24.3 Å². The molecule has 1 aliphatic heterocycles. The monoisotopic (exact) mass is 248 g/mol. The van der Waals surface area contributed by atoms with Crippen LogP contribution >= 0.6 is 0 Å². The van der Waals surface area contributed by atoms with E-state index in [0.29, 0.717) is 12.8 Å². The molecule has 1 atom stereocenters. The lowest BCUT2D eigenvalue weighted by Gasteiger charge is -2.32. The maximum atomic E-state index is 12.2. The van der Waals surface area contributed by atoms with E-state index in [4.69, 9.17) is 4.84 Å². The number of nitrogens with zero attached hydrogens (tertiary/aromatic N) is 1. The highest BCUT2D eigenvalue weighted by atomic mass is 16.7. The Labute approximate surface area is 106 Å². The van der Waals surface area contributed by atoms with Gasteiger partial charge in [-0.1, -0.05) is 25.1 Å². The third-order valence-electron chi connectivity index (χ3n) is 2.97. The molecule has 1 aromatic rings. The predicted molar refractivity (Wildman–Crippen MR) is 66.9 cm³/mol. The minimum atomic E-state index is -0.549. The van der Waals surface area contributed by atoms with Crippen molar-refractivity contribution in [3.63, 3.8) is 0 Å². The van der Waals surface area contributed by atoms with E-state index in [-0.39, 0.29) is 11.8 Å². The zero-order valence-electron chi connectivity index (χ0n) is 10.5. The van der Waals surface area contributed by atoms with Gasteiger partial charge in [-0.15, -0.1) is 0 Å². The lowest BCUT2D eigenvalue weighted by molar-refractivity contribution is -0.131. The first-order valence-electron chi connectivity index (χ1n) is 5.92. The van der Waals surface area contributed by atoms with Crippen LogP contribution < -0.4 is 10.4 Å². The minimum absolute atomic E-state index is 0.135. The highest BCUT2D eigenvalue weighted by Crippen LogP contribution is 2.27. The van der Waals surface area contributed by atoms with E-state index in [0.717, 1.165) is 11.3 Å². The van der Waals surface area contributed by atoms with E-state index in [2.05, 4.69) is 5.32 Å². The number of carbonyl (C=O) groups excluding carboxylic acids is 2. The van der Waals surface area contributed by atoms with Gasteiger partial charge in [-0.05, 0) is 11.6 Å². The zero-order chi connectivity index (χ0) is 13.1. The van der Waals surface area contributed by atoms with Gasteiger partial charge >= 0.3 is 0 Å². The normalized spacial score (nSPS) is 18.4. The van der Waals surface area contributed by atoms with Crippen LogP contribution in [-0.2, 0) is 20.8 Å². The summed E-state index contributed by atoms with van der Waals surface area (Å²) in [5, 5.41) is 3.95. The second-order valence-electron chi connectivity index (χ2n) is 4.12. The summed E-state index contributed by atoms with van der Waals surface area (Å²) in [5.41, 5.74) is 1.73. The summed E-state index contributed by atoms with van der Waals surface area (Å²) in [6.07, 6.45) is 0.860. The molecule has 18 heavy (non-hydrogen) atoms. The van der Waals surface area contributed by atoms with Gasteiger partial charge in [0.2, 0.25) is 5.91 Å². The summed E-state index contributed by atoms with van der Waals surface area (Å²) in [7, 11) is 1.44. The molecule has 0 aliphatic carbocycles. The third-order valence-corrected chi connectivity index (χ3v) is 2.97. The van der Waals surface area contributed by atoms with Gasteiger partial charge in [0.1, 0.15) is 6.04 Å². The average Bonchev–Trinajstić information content (AvgIpc) is 2.39. The summed E-state index contributed by atoms with van der Waals surface area (Å²) in [5.74, 6) is -0.373. The van der Waals surface area contributed by atoms with Crippen LogP contribution in [0.2, 0.25) is 0 Å². The number of anilines is 1. The predicted octanol–water partition coefficient (Wildman–Crippen LogP) is 1.03. The van der Waals surface area contributed by atoms with E-state index >= 15 is 0 Å². The van der Waals surface area contributed by atoms with Gasteiger partial charge in [-0.25, -0.2) is 0 Å². The zero-order valence-corrected chi connectivity index (χ0v) is 10.5. The second-order valence-corrected chi connectivity index (χ2v) is 4.12. The molecule has 1 N–H and O–H groups in total. The number of carbonyl (C=O) groups is 2. The maximum Gasteiger partial charge on any atom is 0.273 e. The van der Waals surface area contributed by atoms with Crippen LogP contribution in [0.4, 0.5) is 5.69 Å². The van der Waals surface area contributed by atoms with E-state index in [1.54, 1.807) is 6.92 Å². The number of benzene rings is 1. The molecule has 1 unspecified atom stereocenters. The van der Waals surface area contributed by atoms with Crippen LogP contribution in [-0.4, -0.2) is 25.0 Å². The summed E-state index contributed by atoms with van der Waals surface area (Å²) in [6, 6.07) is 6.96. The van der Waals surface area contributed by atoms with Crippen molar-refractivity contribution in [3.05, 3.63) is 29.8 Å². The molecular weight excluding hydrogens is 232 g/mol. The first-order valence-corrected chi connectivity index (χ1v) is 5.92. The molecule has 0 saturated carbocycles. The average molecular weight is 248 g/mol. The molecule has 1 aliphatic rings. The van der Waals surface area contributed by atoms with E-state index < -0.39 is 6.04 Å². The Morgan fingerprint density at radius 2 is 2.22 bits per heavy atom. The van der Waals surface area contributed by atoms with Gasteiger partial charge in [0, 0.05) is 12.8 Å². The summed E-state index contributed by atoms with van der Waals surface area (Å²) >= 11 is 0. The Hall–Kier alpha value is -1.88. The Kier molecular flexibility index (Phi) is 3.62. The fourth-order valence-corrected chi connectivity index (χ4v) is 2.05. The van der Waals surface area contributed by atoms with Crippen LogP contribution in [0.15, 0.2) is 24.3 Å². The van der Waals surface area contributed by atoms with Crippen LogP contribution in [0.5, 0.6) is 0 Å². The molecule has 2 rings (SSSR count). The number of hydrogen-bond acceptors (Lipinski definition) is 3. The van der Waals surface area contributed by atoms with Gasteiger partial charge in [0.25, 0.3) is 5.91 Å². The SMILES string of the molecule is CCC(=O)NC1Cc2ccccc2N(OC)C1=O. The molecule has 1 heterocycles. The summed E-state index contributed by atoms with van der Waals surface area (Å²) < 4.78 is 0. The molecule has 0 aromatic heterocycles. The number of amides is 2. The first-order chi connectivity index (χ1) is 8.67. The Morgan fingerprint density at radius 1 is 1.50 bits per heavy atom. The van der Waals surface area contributed by atoms with E-state index in [9.17, 15) is 9.59 Å². The third kappa shape index (κ3) is 2.22. The van der Waals surface area contributed by atoms with E-state index in [1.165, 1.54) is 12.2 Å². The molecule has 0 bridgehead atoms. The van der Waals surface area contributed by atoms with Crippen molar-refractivity contribution in [1.82, 2.24) is 5.32 Å². The fraction of sp³-hybridized carbons (Fsp3) is 0.385. The second kappa shape index (κ2) is 5.18. The highest BCUT2D eigenvalue weighted by Gasteiger charge is 2.33. The lowest BCUT2D eigenvalue weighted by atomic mass is 9.98. The Bertz CT molecular complexity index is 473. The van der Waals surface area contributed by atoms with Crippen LogP contribution in [0, 0.1) is 0 Å². The lowest BCUT2D eigenvalue weighted by Crippen LogP contribution is -2.52. The smallest absolute Gasteiger partial charge is 0.273 e. The van der Waals surface area contributed by atoms with Gasteiger partial charge in [-0.2, -0.15) is 5.06 Å². The number of fused-ring (bicyclic) bond motifs is 1. The minimum Gasteiger partial charge on any atom is -0.344 e. The molecule has 0 spiro atoms. The number of hydroxylamine groups is 1. The van der Waals surface area contributed by atoms with Crippen LogP contribution in [0.3, 0.4) is 0 Å². The quantitative estimate of drug-likeness (QED) is 0.869. The van der Waals surface area contributed by atoms with Crippen LogP contribution in [0.1, 0.15) is 18.9 Å². The molecule has 1 aromatic carbocycles. The van der Waals surface area contributed by atoms with Crippen molar-refractivity contribution in [3.8, 4) is 0 Å². The molecular formula is C13H16N2O3. The molecule has 0 saturated heterocycles. The standard InChI is InChI=1S/C13H16N2O3/c1-3-12(16)14-10-8-9-6-4-5-7-11(9)15(18-2)13(10)17/h4-7,10H,3,8H2,1-2H3,(H,14,16). The van der Waals surface area contributed by atoms with Crippen LogP contribution in [0.25, 0.3) is 0 Å². The number of nitrogens with one attached hydrogen (secondary N) is 1. The summed E-state index contributed by atoms with van der Waals surface area (Å²) in [6.45, 7) is 1.75. The molecule has 5 heteroatoms. The number of hydrogen-bond donors (Lipinski definition) is 1. The number of rotatable bonds is 3. The maximum absolute atomic E-state index is 12.2. The van der Waals surface area contributed by atoms with Gasteiger partial charge in [0.15, 0.2) is 0 Å². The van der Waals surface area contributed by atoms with Crippen molar-refractivity contribution < 1.29 is 14.4 Å². The molecule has 0 radical (unpaired) electrons. The van der Waals surface area contributed by atoms with Crippen molar-refractivity contribution >= 4 is 17.5 Å². The Balaban J connectivity index is 2.28. The number of para-hydroxylation sites is 1. The topological polar surface area (TPSA) is 58.6 Å². The largest absolute Gasteiger partial charge is 0.344 e. The summed E-state index contributed by atoms with van der Waals surface area (Å²) in [4.78, 5) is 28.7. The highest BCUT2D eigenvalue weighted by molar-refractivity contribution is 6.00.